The molecule has 2 aromatic rings. The molecule has 1 heterocycles. The highest BCUT2D eigenvalue weighted by Gasteiger charge is 2.32. The lowest BCUT2D eigenvalue weighted by Gasteiger charge is -2.24. The summed E-state index contributed by atoms with van der Waals surface area (Å²) in [7, 11) is 1.85. The first-order chi connectivity index (χ1) is 11.1. The van der Waals surface area contributed by atoms with Gasteiger partial charge in [0.1, 0.15) is 5.82 Å². The van der Waals surface area contributed by atoms with Crippen molar-refractivity contribution in [2.45, 2.75) is 38.6 Å². The van der Waals surface area contributed by atoms with Crippen LogP contribution in [0.25, 0.3) is 11.3 Å². The summed E-state index contributed by atoms with van der Waals surface area (Å²) in [6.45, 7) is 2.09. The average molecular weight is 316 g/mol. The fraction of sp³-hybridized carbons (Fsp3) is 0.444. The SMILES string of the molecule is CC(C1CC1)N(C)C(=O)CCc1ncc(-c2ccccc2F)o1. The summed E-state index contributed by atoms with van der Waals surface area (Å²) < 4.78 is 19.3. The van der Waals surface area contributed by atoms with E-state index in [9.17, 15) is 9.18 Å². The maximum atomic E-state index is 13.7. The number of halogens is 1. The van der Waals surface area contributed by atoms with Crippen LogP contribution in [0.1, 0.15) is 32.1 Å². The zero-order valence-electron chi connectivity index (χ0n) is 13.5. The van der Waals surface area contributed by atoms with Gasteiger partial charge in [-0.15, -0.1) is 0 Å². The zero-order chi connectivity index (χ0) is 16.4. The van der Waals surface area contributed by atoms with Gasteiger partial charge in [0.25, 0.3) is 0 Å². The summed E-state index contributed by atoms with van der Waals surface area (Å²) in [5.41, 5.74) is 0.386. The Kier molecular flexibility index (Phi) is 4.46. The fourth-order valence-electron chi connectivity index (χ4n) is 2.72. The van der Waals surface area contributed by atoms with E-state index in [4.69, 9.17) is 4.42 Å². The summed E-state index contributed by atoms with van der Waals surface area (Å²) in [5.74, 6) is 1.26. The van der Waals surface area contributed by atoms with Crippen molar-refractivity contribution in [3.63, 3.8) is 0 Å². The maximum absolute atomic E-state index is 13.7. The largest absolute Gasteiger partial charge is 0.441 e. The van der Waals surface area contributed by atoms with E-state index in [1.807, 2.05) is 11.9 Å². The van der Waals surface area contributed by atoms with Crippen molar-refractivity contribution >= 4 is 5.91 Å². The zero-order valence-corrected chi connectivity index (χ0v) is 13.5. The van der Waals surface area contributed by atoms with Crippen LogP contribution in [0.2, 0.25) is 0 Å². The van der Waals surface area contributed by atoms with Crippen LogP contribution in [0.5, 0.6) is 0 Å². The Hall–Kier alpha value is -2.17. The molecule has 122 valence electrons. The third-order valence-corrected chi connectivity index (χ3v) is 4.55. The predicted octanol–water partition coefficient (Wildman–Crippen LogP) is 3.67. The number of oxazole rings is 1. The molecule has 0 aliphatic heterocycles. The molecule has 1 aliphatic rings. The van der Waals surface area contributed by atoms with Gasteiger partial charge < -0.3 is 9.32 Å². The van der Waals surface area contributed by atoms with Crippen LogP contribution in [0.3, 0.4) is 0 Å². The van der Waals surface area contributed by atoms with Gasteiger partial charge in [-0.2, -0.15) is 0 Å². The van der Waals surface area contributed by atoms with Crippen molar-refractivity contribution in [3.8, 4) is 11.3 Å². The summed E-state index contributed by atoms with van der Waals surface area (Å²) in [6.07, 6.45) is 4.71. The van der Waals surface area contributed by atoms with Crippen LogP contribution >= 0.6 is 0 Å². The number of carbonyl (C=O) groups excluding carboxylic acids is 1. The number of carbonyl (C=O) groups is 1. The van der Waals surface area contributed by atoms with Gasteiger partial charge in [0.15, 0.2) is 11.7 Å². The number of aromatic nitrogens is 1. The first-order valence-electron chi connectivity index (χ1n) is 8.01. The molecular weight excluding hydrogens is 295 g/mol. The highest BCUT2D eigenvalue weighted by molar-refractivity contribution is 5.76. The number of rotatable bonds is 6. The third-order valence-electron chi connectivity index (χ3n) is 4.55. The number of aryl methyl sites for hydroxylation is 1. The van der Waals surface area contributed by atoms with Crippen LogP contribution in [0.4, 0.5) is 4.39 Å². The Labute approximate surface area is 135 Å². The molecule has 0 N–H and O–H groups in total. The van der Waals surface area contributed by atoms with E-state index < -0.39 is 0 Å². The molecule has 1 aliphatic carbocycles. The Morgan fingerprint density at radius 3 is 2.87 bits per heavy atom. The fourth-order valence-corrected chi connectivity index (χ4v) is 2.72. The first-order valence-corrected chi connectivity index (χ1v) is 8.01. The highest BCUT2D eigenvalue weighted by Crippen LogP contribution is 2.34. The van der Waals surface area contributed by atoms with Crippen molar-refractivity contribution in [2.24, 2.45) is 5.92 Å². The smallest absolute Gasteiger partial charge is 0.223 e. The number of hydrogen-bond acceptors (Lipinski definition) is 3. The van der Waals surface area contributed by atoms with Crippen molar-refractivity contribution in [2.75, 3.05) is 7.05 Å². The summed E-state index contributed by atoms with van der Waals surface area (Å²) in [6, 6.07) is 6.70. The van der Waals surface area contributed by atoms with Gasteiger partial charge >= 0.3 is 0 Å². The van der Waals surface area contributed by atoms with Gasteiger partial charge in [0.2, 0.25) is 5.91 Å². The van der Waals surface area contributed by atoms with Crippen LogP contribution in [0, 0.1) is 11.7 Å². The lowest BCUT2D eigenvalue weighted by molar-refractivity contribution is -0.132. The van der Waals surface area contributed by atoms with E-state index in [-0.39, 0.29) is 11.7 Å². The summed E-state index contributed by atoms with van der Waals surface area (Å²) in [5, 5.41) is 0. The van der Waals surface area contributed by atoms with Gasteiger partial charge in [-0.1, -0.05) is 12.1 Å². The molecule has 0 bridgehead atoms. The Morgan fingerprint density at radius 2 is 2.17 bits per heavy atom. The molecule has 0 saturated heterocycles. The molecule has 0 spiro atoms. The normalized spacial score (nSPS) is 15.4. The van der Waals surface area contributed by atoms with Crippen molar-refractivity contribution in [1.29, 1.82) is 0 Å². The minimum absolute atomic E-state index is 0.0926. The van der Waals surface area contributed by atoms with Crippen LogP contribution in [0.15, 0.2) is 34.9 Å². The second kappa shape index (κ2) is 6.52. The number of nitrogens with zero attached hydrogens (tertiary/aromatic N) is 2. The number of hydrogen-bond donors (Lipinski definition) is 0. The molecule has 4 nitrogen and oxygen atoms in total. The minimum atomic E-state index is -0.343. The molecule has 1 atom stereocenters. The summed E-state index contributed by atoms with van der Waals surface area (Å²) >= 11 is 0. The Morgan fingerprint density at radius 1 is 1.43 bits per heavy atom. The van der Waals surface area contributed by atoms with Crippen LogP contribution < -0.4 is 0 Å². The monoisotopic (exact) mass is 316 g/mol. The van der Waals surface area contributed by atoms with Crippen molar-refractivity contribution in [1.82, 2.24) is 9.88 Å². The summed E-state index contributed by atoms with van der Waals surface area (Å²) in [4.78, 5) is 18.2. The first kappa shape index (κ1) is 15.7. The molecule has 1 unspecified atom stereocenters. The predicted molar refractivity (Wildman–Crippen MR) is 85.2 cm³/mol. The standard InChI is InChI=1S/C18H21FN2O2/c1-12(13-7-8-13)21(2)18(22)10-9-17-20-11-16(23-17)14-5-3-4-6-15(14)19/h3-6,11-13H,7-10H2,1-2H3. The molecule has 3 rings (SSSR count). The second-order valence-electron chi connectivity index (χ2n) is 6.18. The highest BCUT2D eigenvalue weighted by atomic mass is 19.1. The Bertz CT molecular complexity index is 694. The van der Waals surface area contributed by atoms with E-state index >= 15 is 0 Å². The van der Waals surface area contributed by atoms with Gasteiger partial charge in [-0.25, -0.2) is 9.37 Å². The van der Waals surface area contributed by atoms with Gasteiger partial charge in [-0.3, -0.25) is 4.79 Å². The molecule has 23 heavy (non-hydrogen) atoms. The van der Waals surface area contributed by atoms with E-state index in [1.165, 1.54) is 25.1 Å². The van der Waals surface area contributed by atoms with E-state index in [2.05, 4.69) is 11.9 Å². The minimum Gasteiger partial charge on any atom is -0.441 e. The third kappa shape index (κ3) is 3.60. The molecular formula is C18H21FN2O2. The van der Waals surface area contributed by atoms with E-state index in [0.29, 0.717) is 42.0 Å². The number of amides is 1. The second-order valence-corrected chi connectivity index (χ2v) is 6.18. The topological polar surface area (TPSA) is 46.3 Å². The van der Waals surface area contributed by atoms with Crippen LogP contribution in [-0.4, -0.2) is 28.9 Å². The molecule has 0 radical (unpaired) electrons. The number of benzene rings is 1. The average Bonchev–Trinajstić information content (AvgIpc) is 3.30. The molecule has 1 amide bonds. The maximum Gasteiger partial charge on any atom is 0.223 e. The molecule has 1 aromatic carbocycles. The Balaban J connectivity index is 1.59. The van der Waals surface area contributed by atoms with E-state index in [0.717, 1.165) is 0 Å². The van der Waals surface area contributed by atoms with Gasteiger partial charge in [-0.05, 0) is 37.8 Å². The molecule has 5 heteroatoms. The van der Waals surface area contributed by atoms with Gasteiger partial charge in [0.05, 0.1) is 11.8 Å². The van der Waals surface area contributed by atoms with E-state index in [1.54, 1.807) is 18.2 Å². The molecule has 1 fully saturated rings. The quantitative estimate of drug-likeness (QED) is 0.817. The van der Waals surface area contributed by atoms with Crippen molar-refractivity contribution in [3.05, 3.63) is 42.2 Å². The van der Waals surface area contributed by atoms with Gasteiger partial charge in [0, 0.05) is 25.9 Å². The lowest BCUT2D eigenvalue weighted by Crippen LogP contribution is -2.36. The van der Waals surface area contributed by atoms with Crippen LogP contribution in [-0.2, 0) is 11.2 Å². The lowest BCUT2D eigenvalue weighted by atomic mass is 10.1. The molecule has 1 aromatic heterocycles. The van der Waals surface area contributed by atoms with Crippen molar-refractivity contribution < 1.29 is 13.6 Å². The molecule has 1 saturated carbocycles.